The highest BCUT2D eigenvalue weighted by molar-refractivity contribution is 8.03. The summed E-state index contributed by atoms with van der Waals surface area (Å²) in [5.41, 5.74) is -3.42. The van der Waals surface area contributed by atoms with Gasteiger partial charge >= 0.3 is 12.4 Å². The first-order valence-electron chi connectivity index (χ1n) is 9.82. The Morgan fingerprint density at radius 2 is 1.00 bits per heavy atom. The summed E-state index contributed by atoms with van der Waals surface area (Å²) < 4.78 is 79.4. The average molecular weight is 577 g/mol. The molecule has 2 aromatic heterocycles. The van der Waals surface area contributed by atoms with Gasteiger partial charge < -0.3 is 0 Å². The molecule has 15 heteroatoms. The molecule has 0 amide bonds. The lowest BCUT2D eigenvalue weighted by Gasteiger charge is -2.11. The largest absolute Gasteiger partial charge is 0.416 e. The van der Waals surface area contributed by atoms with Gasteiger partial charge in [0.15, 0.2) is 0 Å². The van der Waals surface area contributed by atoms with Gasteiger partial charge in [0, 0.05) is 23.3 Å². The van der Waals surface area contributed by atoms with Gasteiger partial charge in [0.25, 0.3) is 11.4 Å². The summed E-state index contributed by atoms with van der Waals surface area (Å²) in [7, 11) is 0. The topological polar surface area (TPSA) is 86.3 Å². The molecule has 37 heavy (non-hydrogen) atoms. The van der Waals surface area contributed by atoms with E-state index in [2.05, 4.69) is 0 Å². The highest BCUT2D eigenvalue weighted by Crippen LogP contribution is 2.49. The molecule has 0 aliphatic heterocycles. The highest BCUT2D eigenvalue weighted by atomic mass is 32.2. The van der Waals surface area contributed by atoms with Crippen molar-refractivity contribution in [3.8, 4) is 22.3 Å². The second-order valence-electron chi connectivity index (χ2n) is 7.32. The predicted molar refractivity (Wildman–Crippen MR) is 127 cm³/mol. The van der Waals surface area contributed by atoms with E-state index in [1.165, 1.54) is 12.1 Å². The fourth-order valence-corrected chi connectivity index (χ4v) is 6.79. The second-order valence-corrected chi connectivity index (χ2v) is 10.7. The maximum absolute atomic E-state index is 13.1. The van der Waals surface area contributed by atoms with Crippen molar-refractivity contribution in [2.45, 2.75) is 20.8 Å². The van der Waals surface area contributed by atoms with E-state index in [0.717, 1.165) is 58.7 Å². The molecule has 0 N–H and O–H groups in total. The Morgan fingerprint density at radius 1 is 0.622 bits per heavy atom. The lowest BCUT2D eigenvalue weighted by molar-refractivity contribution is -0.384. The van der Waals surface area contributed by atoms with E-state index >= 15 is 0 Å². The maximum Gasteiger partial charge on any atom is 0.416 e. The third-order valence-electron chi connectivity index (χ3n) is 5.07. The first kappa shape index (κ1) is 26.6. The van der Waals surface area contributed by atoms with E-state index in [0.29, 0.717) is 20.6 Å². The summed E-state index contributed by atoms with van der Waals surface area (Å²) in [6.45, 7) is 0. The Bertz CT molecular complexity index is 1400. The minimum atomic E-state index is -4.78. The Balaban J connectivity index is 1.76. The third-order valence-corrected chi connectivity index (χ3v) is 8.37. The van der Waals surface area contributed by atoms with Crippen molar-refractivity contribution >= 4 is 45.8 Å². The van der Waals surface area contributed by atoms with Gasteiger partial charge in [-0.2, -0.15) is 26.3 Å². The van der Waals surface area contributed by atoms with Crippen LogP contribution in [-0.4, -0.2) is 9.85 Å². The minimum absolute atomic E-state index is 0.0552. The molecule has 0 spiro atoms. The third kappa shape index (κ3) is 5.47. The molecule has 2 aromatic carbocycles. The van der Waals surface area contributed by atoms with E-state index in [-0.39, 0.29) is 22.3 Å². The summed E-state index contributed by atoms with van der Waals surface area (Å²) in [4.78, 5) is 21.3. The molecule has 0 aliphatic carbocycles. The van der Waals surface area contributed by atoms with Crippen LogP contribution in [-0.2, 0) is 12.4 Å². The van der Waals surface area contributed by atoms with Gasteiger partial charge in [-0.25, -0.2) is 0 Å². The van der Waals surface area contributed by atoms with Gasteiger partial charge in [-0.05, 0) is 47.2 Å². The number of nitro groups is 2. The molecule has 192 valence electrons. The average Bonchev–Trinajstić information content (AvgIpc) is 3.46. The van der Waals surface area contributed by atoms with Gasteiger partial charge in [0.05, 0.1) is 40.5 Å². The lowest BCUT2D eigenvalue weighted by Crippen LogP contribution is -2.06. The van der Waals surface area contributed by atoms with E-state index in [1.54, 1.807) is 10.8 Å². The van der Waals surface area contributed by atoms with Crippen LogP contribution in [0.4, 0.5) is 37.7 Å². The van der Waals surface area contributed by atoms with Gasteiger partial charge in [0.1, 0.15) is 0 Å². The molecule has 0 aliphatic rings. The summed E-state index contributed by atoms with van der Waals surface area (Å²) in [5, 5.41) is 26.3. The van der Waals surface area contributed by atoms with Crippen molar-refractivity contribution < 1.29 is 36.2 Å². The fourth-order valence-electron chi connectivity index (χ4n) is 3.41. The first-order valence-corrected chi connectivity index (χ1v) is 12.4. The number of nitrogens with zero attached hydrogens (tertiary/aromatic N) is 2. The molecule has 4 aromatic rings. The Labute approximate surface area is 215 Å². The maximum atomic E-state index is 13.1. The number of halogens is 6. The van der Waals surface area contributed by atoms with E-state index in [4.69, 9.17) is 0 Å². The number of hydrogen-bond donors (Lipinski definition) is 0. The van der Waals surface area contributed by atoms with Crippen LogP contribution in [0.3, 0.4) is 0 Å². The molecule has 6 nitrogen and oxygen atoms in total. The van der Waals surface area contributed by atoms with Crippen LogP contribution >= 0.6 is 34.4 Å². The molecule has 0 radical (unpaired) electrons. The fraction of sp³-hybridized carbons (Fsp3) is 0.0909. The van der Waals surface area contributed by atoms with E-state index < -0.39 is 44.7 Å². The van der Waals surface area contributed by atoms with Crippen LogP contribution in [0.5, 0.6) is 0 Å². The lowest BCUT2D eigenvalue weighted by atomic mass is 10.0. The summed E-state index contributed by atoms with van der Waals surface area (Å²) in [6, 6.07) is 7.36. The van der Waals surface area contributed by atoms with E-state index in [1.807, 2.05) is 0 Å². The SMILES string of the molecule is O=[N+]([O-])c1cc(C(F)(F)F)ccc1-c1ccsc1Sc1sccc1-c1ccc(C(F)(F)F)cc1[N+](=O)[O-]. The zero-order chi connectivity index (χ0) is 27.1. The minimum Gasteiger partial charge on any atom is -0.258 e. The van der Waals surface area contributed by atoms with Gasteiger partial charge in [0.2, 0.25) is 0 Å². The molecular formula is C22H10F6N2O4S3. The standard InChI is InChI=1S/C22H10F6N2O4S3/c23-21(24,25)11-1-3-13(17(9-11)29(31)32)15-5-7-35-19(15)37-20-16(6-8-36-20)14-4-2-12(22(26,27)28)10-18(14)30(33)34/h1-10H. The van der Waals surface area contributed by atoms with Crippen molar-refractivity contribution in [3.63, 3.8) is 0 Å². The summed E-state index contributed by atoms with van der Waals surface area (Å²) in [6.07, 6.45) is -9.56. The molecule has 4 rings (SSSR count). The number of benzene rings is 2. The van der Waals surface area contributed by atoms with Gasteiger partial charge in [-0.3, -0.25) is 20.2 Å². The van der Waals surface area contributed by atoms with Crippen LogP contribution < -0.4 is 0 Å². The molecule has 0 bridgehead atoms. The van der Waals surface area contributed by atoms with Gasteiger partial charge in [-0.15, -0.1) is 22.7 Å². The van der Waals surface area contributed by atoms with Crippen LogP contribution in [0.1, 0.15) is 11.1 Å². The Kier molecular flexibility index (Phi) is 7.05. The molecule has 0 unspecified atom stereocenters. The van der Waals surface area contributed by atoms with Crippen molar-refractivity contribution in [2.75, 3.05) is 0 Å². The molecular weight excluding hydrogens is 566 g/mol. The highest BCUT2D eigenvalue weighted by Gasteiger charge is 2.35. The Hall–Kier alpha value is -3.43. The number of hydrogen-bond acceptors (Lipinski definition) is 7. The molecule has 0 saturated heterocycles. The van der Waals surface area contributed by atoms with Crippen molar-refractivity contribution in [2.24, 2.45) is 0 Å². The number of rotatable bonds is 6. The van der Waals surface area contributed by atoms with Crippen molar-refractivity contribution in [3.05, 3.63) is 90.6 Å². The predicted octanol–water partition coefficient (Wildman–Crippen LogP) is 9.15. The van der Waals surface area contributed by atoms with Crippen LogP contribution in [0.25, 0.3) is 22.3 Å². The molecule has 0 fully saturated rings. The van der Waals surface area contributed by atoms with Crippen molar-refractivity contribution in [1.82, 2.24) is 0 Å². The van der Waals surface area contributed by atoms with Crippen LogP contribution in [0.15, 0.2) is 67.7 Å². The molecule has 2 heterocycles. The summed E-state index contributed by atoms with van der Waals surface area (Å²) in [5.74, 6) is 0. The second kappa shape index (κ2) is 9.79. The zero-order valence-corrected chi connectivity index (χ0v) is 20.2. The van der Waals surface area contributed by atoms with E-state index in [9.17, 15) is 46.6 Å². The van der Waals surface area contributed by atoms with Crippen molar-refractivity contribution in [1.29, 1.82) is 0 Å². The normalized spacial score (nSPS) is 12.1. The van der Waals surface area contributed by atoms with Crippen LogP contribution in [0.2, 0.25) is 0 Å². The quantitative estimate of drug-likeness (QED) is 0.130. The van der Waals surface area contributed by atoms with Gasteiger partial charge in [-0.1, -0.05) is 11.8 Å². The number of alkyl halides is 6. The number of nitro benzene ring substituents is 2. The monoisotopic (exact) mass is 576 g/mol. The zero-order valence-electron chi connectivity index (χ0n) is 17.8. The molecule has 0 saturated carbocycles. The summed E-state index contributed by atoms with van der Waals surface area (Å²) >= 11 is 3.32. The Morgan fingerprint density at radius 3 is 1.32 bits per heavy atom. The number of thiophene rings is 2. The van der Waals surface area contributed by atoms with Crippen LogP contribution in [0, 0.1) is 20.2 Å². The smallest absolute Gasteiger partial charge is 0.258 e. The molecule has 0 atom stereocenters. The first-order chi connectivity index (χ1) is 17.3.